The summed E-state index contributed by atoms with van der Waals surface area (Å²) in [5.74, 6) is -1.44. The van der Waals surface area contributed by atoms with Crippen LogP contribution in [0.25, 0.3) is 5.69 Å². The first-order valence-electron chi connectivity index (χ1n) is 10.4. The van der Waals surface area contributed by atoms with Gasteiger partial charge < -0.3 is 11.1 Å². The zero-order valence-electron chi connectivity index (χ0n) is 18.0. The quantitative estimate of drug-likeness (QED) is 0.528. The van der Waals surface area contributed by atoms with Gasteiger partial charge in [0.15, 0.2) is 0 Å². The summed E-state index contributed by atoms with van der Waals surface area (Å²) >= 11 is 6.70. The number of halogens is 3. The first-order valence-corrected chi connectivity index (χ1v) is 11.6. The Bertz CT molecular complexity index is 1220. The SMILES string of the molecule is NC(=O)c1ccc(Cl)s1.O=C(CN1CCCC1CF)Nc1ccc(-n2ccccc2=O)cc1F. The molecule has 0 aliphatic carbocycles. The average Bonchev–Trinajstić information content (AvgIpc) is 3.44. The van der Waals surface area contributed by atoms with Crippen molar-refractivity contribution in [1.29, 1.82) is 0 Å². The fraction of sp³-hybridized carbons (Fsp3) is 0.261. The molecule has 0 saturated carbocycles. The standard InChI is InChI=1S/C18H19F2N3O2.C5H4ClNOS/c19-11-14-4-3-8-22(14)12-17(24)21-16-7-6-13(10-15(16)20)23-9-2-1-5-18(23)25;6-4-2-1-3(9-4)5(7)8/h1-2,5-7,9-10,14H,3-4,8,11-12H2,(H,21,24);1-2H,(H2,7,8). The van der Waals surface area contributed by atoms with Crippen molar-refractivity contribution in [2.75, 3.05) is 25.1 Å². The van der Waals surface area contributed by atoms with Crippen LogP contribution < -0.4 is 16.6 Å². The Balaban J connectivity index is 0.000000302. The van der Waals surface area contributed by atoms with E-state index in [1.54, 1.807) is 41.4 Å². The number of amides is 2. The van der Waals surface area contributed by atoms with Gasteiger partial charge in [0.2, 0.25) is 5.91 Å². The van der Waals surface area contributed by atoms with Crippen LogP contribution in [0.3, 0.4) is 0 Å². The highest BCUT2D eigenvalue weighted by Crippen LogP contribution is 2.21. The maximum atomic E-state index is 14.3. The molecule has 7 nitrogen and oxygen atoms in total. The fourth-order valence-electron chi connectivity index (χ4n) is 3.49. The number of primary amides is 1. The minimum Gasteiger partial charge on any atom is -0.365 e. The Kier molecular flexibility index (Phi) is 8.91. The topological polar surface area (TPSA) is 97.4 Å². The van der Waals surface area contributed by atoms with Crippen molar-refractivity contribution in [2.24, 2.45) is 5.73 Å². The molecule has 1 aromatic carbocycles. The maximum Gasteiger partial charge on any atom is 0.258 e. The number of aromatic nitrogens is 1. The molecule has 1 aliphatic heterocycles. The van der Waals surface area contributed by atoms with Crippen LogP contribution in [0.2, 0.25) is 4.34 Å². The van der Waals surface area contributed by atoms with E-state index < -0.39 is 18.4 Å². The normalized spacial score (nSPS) is 15.4. The molecule has 1 aliphatic rings. The van der Waals surface area contributed by atoms with Gasteiger partial charge in [0, 0.05) is 24.4 Å². The molecule has 1 atom stereocenters. The molecule has 2 amide bonds. The van der Waals surface area contributed by atoms with Crippen LogP contribution in [0, 0.1) is 5.82 Å². The van der Waals surface area contributed by atoms with Gasteiger partial charge in [0.25, 0.3) is 11.5 Å². The number of hydrogen-bond acceptors (Lipinski definition) is 5. The van der Waals surface area contributed by atoms with E-state index in [2.05, 4.69) is 5.32 Å². The molecule has 4 rings (SSSR count). The van der Waals surface area contributed by atoms with Crippen molar-refractivity contribution in [3.8, 4) is 5.69 Å². The second-order valence-electron chi connectivity index (χ2n) is 7.51. The lowest BCUT2D eigenvalue weighted by Gasteiger charge is -2.21. The average molecular weight is 509 g/mol. The summed E-state index contributed by atoms with van der Waals surface area (Å²) in [6.07, 6.45) is 3.13. The fourth-order valence-corrected chi connectivity index (χ4v) is 4.39. The van der Waals surface area contributed by atoms with Crippen molar-refractivity contribution in [3.63, 3.8) is 0 Å². The Morgan fingerprint density at radius 1 is 1.21 bits per heavy atom. The van der Waals surface area contributed by atoms with Crippen molar-refractivity contribution in [3.05, 3.63) is 80.1 Å². The van der Waals surface area contributed by atoms with Gasteiger partial charge in [-0.2, -0.15) is 0 Å². The van der Waals surface area contributed by atoms with E-state index in [4.69, 9.17) is 17.3 Å². The molecule has 11 heteroatoms. The molecule has 0 bridgehead atoms. The van der Waals surface area contributed by atoms with Gasteiger partial charge in [0.05, 0.1) is 27.1 Å². The lowest BCUT2D eigenvalue weighted by Crippen LogP contribution is -2.37. The van der Waals surface area contributed by atoms with E-state index in [0.29, 0.717) is 21.4 Å². The Hall–Kier alpha value is -3.08. The van der Waals surface area contributed by atoms with Crippen molar-refractivity contribution < 1.29 is 18.4 Å². The van der Waals surface area contributed by atoms with E-state index in [9.17, 15) is 23.2 Å². The van der Waals surface area contributed by atoms with E-state index in [1.165, 1.54) is 34.1 Å². The first-order chi connectivity index (χ1) is 16.3. The predicted molar refractivity (Wildman–Crippen MR) is 129 cm³/mol. The summed E-state index contributed by atoms with van der Waals surface area (Å²) in [4.78, 5) is 36.5. The number of likely N-dealkylation sites (tertiary alicyclic amines) is 1. The van der Waals surface area contributed by atoms with E-state index in [1.807, 2.05) is 0 Å². The molecular formula is C23H23ClF2N4O3S. The molecule has 1 fully saturated rings. The van der Waals surface area contributed by atoms with Crippen LogP contribution in [0.1, 0.15) is 22.5 Å². The summed E-state index contributed by atoms with van der Waals surface area (Å²) in [5.41, 5.74) is 5.08. The van der Waals surface area contributed by atoms with Crippen LogP contribution in [0.4, 0.5) is 14.5 Å². The van der Waals surface area contributed by atoms with Crippen LogP contribution in [0.5, 0.6) is 0 Å². The molecule has 3 N–H and O–H groups in total. The molecule has 1 unspecified atom stereocenters. The first kappa shape index (κ1) is 25.5. The smallest absolute Gasteiger partial charge is 0.258 e. The van der Waals surface area contributed by atoms with Gasteiger partial charge in [-0.3, -0.25) is 23.9 Å². The van der Waals surface area contributed by atoms with Gasteiger partial charge in [-0.1, -0.05) is 17.7 Å². The van der Waals surface area contributed by atoms with Crippen molar-refractivity contribution in [2.45, 2.75) is 18.9 Å². The molecule has 2 aromatic heterocycles. The molecule has 0 radical (unpaired) electrons. The zero-order chi connectivity index (χ0) is 24.7. The number of thiophene rings is 1. The summed E-state index contributed by atoms with van der Waals surface area (Å²) in [7, 11) is 0. The largest absolute Gasteiger partial charge is 0.365 e. The number of benzene rings is 1. The highest BCUT2D eigenvalue weighted by molar-refractivity contribution is 7.17. The maximum absolute atomic E-state index is 14.3. The number of alkyl halides is 1. The summed E-state index contributed by atoms with van der Waals surface area (Å²) in [6.45, 7) is 0.219. The highest BCUT2D eigenvalue weighted by atomic mass is 35.5. The molecular weight excluding hydrogens is 486 g/mol. The molecule has 0 spiro atoms. The molecule has 180 valence electrons. The number of rotatable bonds is 6. The predicted octanol–water partition coefficient (Wildman–Crippen LogP) is 3.85. The minimum atomic E-state index is -0.634. The summed E-state index contributed by atoms with van der Waals surface area (Å²) in [6, 6.07) is 11.8. The number of pyridine rings is 1. The molecule has 3 heterocycles. The Labute approximate surface area is 203 Å². The minimum absolute atomic E-state index is 0.0356. The second-order valence-corrected chi connectivity index (χ2v) is 9.23. The number of hydrogen-bond donors (Lipinski definition) is 2. The van der Waals surface area contributed by atoms with Crippen LogP contribution in [0.15, 0.2) is 59.5 Å². The number of anilines is 1. The Morgan fingerprint density at radius 2 is 2.00 bits per heavy atom. The lowest BCUT2D eigenvalue weighted by atomic mass is 10.2. The summed E-state index contributed by atoms with van der Waals surface area (Å²) in [5, 5.41) is 2.51. The number of nitrogens with zero attached hydrogens (tertiary/aromatic N) is 2. The third-order valence-electron chi connectivity index (χ3n) is 5.17. The number of carbonyl (C=O) groups excluding carboxylic acids is 2. The monoisotopic (exact) mass is 508 g/mol. The number of carbonyl (C=O) groups is 2. The molecule has 34 heavy (non-hydrogen) atoms. The van der Waals surface area contributed by atoms with Gasteiger partial charge in [0.1, 0.15) is 12.5 Å². The molecule has 1 saturated heterocycles. The van der Waals surface area contributed by atoms with Gasteiger partial charge >= 0.3 is 0 Å². The van der Waals surface area contributed by atoms with Gasteiger partial charge in [-0.25, -0.2) is 8.78 Å². The van der Waals surface area contributed by atoms with Gasteiger partial charge in [-0.15, -0.1) is 11.3 Å². The van der Waals surface area contributed by atoms with E-state index in [-0.39, 0.29) is 29.7 Å². The van der Waals surface area contributed by atoms with Crippen molar-refractivity contribution >= 4 is 40.4 Å². The van der Waals surface area contributed by atoms with Crippen LogP contribution in [-0.4, -0.2) is 47.1 Å². The third kappa shape index (κ3) is 6.72. The summed E-state index contributed by atoms with van der Waals surface area (Å²) < 4.78 is 29.0. The molecule has 3 aromatic rings. The Morgan fingerprint density at radius 3 is 2.59 bits per heavy atom. The zero-order valence-corrected chi connectivity index (χ0v) is 19.6. The highest BCUT2D eigenvalue weighted by Gasteiger charge is 2.26. The van der Waals surface area contributed by atoms with E-state index >= 15 is 0 Å². The second kappa shape index (κ2) is 11.9. The van der Waals surface area contributed by atoms with Crippen LogP contribution in [-0.2, 0) is 4.79 Å². The van der Waals surface area contributed by atoms with Crippen LogP contribution >= 0.6 is 22.9 Å². The van der Waals surface area contributed by atoms with Gasteiger partial charge in [-0.05, 0) is 49.7 Å². The third-order valence-corrected chi connectivity index (χ3v) is 6.41. The number of nitrogens with two attached hydrogens (primary N) is 1. The van der Waals surface area contributed by atoms with Crippen molar-refractivity contribution in [1.82, 2.24) is 9.47 Å². The lowest BCUT2D eigenvalue weighted by molar-refractivity contribution is -0.117. The van der Waals surface area contributed by atoms with E-state index in [0.717, 1.165) is 12.8 Å². The number of nitrogens with one attached hydrogen (secondary N) is 1.